The van der Waals surface area contributed by atoms with Crippen molar-refractivity contribution in [2.75, 3.05) is 5.32 Å². The number of nitro benzene ring substituents is 1. The summed E-state index contributed by atoms with van der Waals surface area (Å²) in [5, 5.41) is 15.1. The first-order valence-corrected chi connectivity index (χ1v) is 7.12. The summed E-state index contributed by atoms with van der Waals surface area (Å²) in [6, 6.07) is 12.6. The number of benzene rings is 2. The maximum Gasteiger partial charge on any atom is 0.338 e. The number of hydrogen-bond donors (Lipinski definition) is 1. The van der Waals surface area contributed by atoms with Gasteiger partial charge in [0, 0.05) is 35.2 Å². The third-order valence-corrected chi connectivity index (χ3v) is 3.73. The quantitative estimate of drug-likeness (QED) is 0.444. The van der Waals surface area contributed by atoms with Crippen molar-refractivity contribution < 1.29 is 9.34 Å². The van der Waals surface area contributed by atoms with Gasteiger partial charge in [-0.2, -0.15) is 0 Å². The van der Waals surface area contributed by atoms with Crippen molar-refractivity contribution in [2.24, 2.45) is 0 Å². The van der Waals surface area contributed by atoms with Crippen LogP contribution in [0.3, 0.4) is 0 Å². The van der Waals surface area contributed by atoms with Crippen molar-refractivity contribution in [1.29, 1.82) is 0 Å². The first-order chi connectivity index (χ1) is 11.0. The molecule has 0 saturated carbocycles. The van der Waals surface area contributed by atoms with Crippen molar-refractivity contribution in [3.63, 3.8) is 0 Å². The second kappa shape index (κ2) is 6.10. The molecule has 2 aromatic carbocycles. The molecule has 6 nitrogen and oxygen atoms in total. The van der Waals surface area contributed by atoms with E-state index in [1.54, 1.807) is 6.07 Å². The molecule has 3 rings (SSSR count). The lowest BCUT2D eigenvalue weighted by molar-refractivity contribution is -0.384. The summed E-state index contributed by atoms with van der Waals surface area (Å²) in [5.74, 6) is 0. The predicted molar refractivity (Wildman–Crippen MR) is 87.9 cm³/mol. The smallest absolute Gasteiger partial charge is 0.338 e. The van der Waals surface area contributed by atoms with Gasteiger partial charge in [0.1, 0.15) is 5.58 Å². The van der Waals surface area contributed by atoms with Crippen molar-refractivity contribution in [1.82, 2.24) is 0 Å². The number of non-ortho nitro benzene ring substituents is 1. The van der Waals surface area contributed by atoms with Gasteiger partial charge in [-0.15, -0.1) is 0 Å². The molecule has 0 aliphatic heterocycles. The van der Waals surface area contributed by atoms with E-state index >= 15 is 0 Å². The molecule has 0 aliphatic carbocycles. The van der Waals surface area contributed by atoms with E-state index in [0.717, 1.165) is 5.56 Å². The number of rotatable bonds is 4. The summed E-state index contributed by atoms with van der Waals surface area (Å²) in [5.41, 5.74) is 0.978. The third-order valence-electron chi connectivity index (χ3n) is 3.36. The molecule has 1 heterocycles. The normalized spacial score (nSPS) is 10.7. The van der Waals surface area contributed by atoms with Gasteiger partial charge in [0.2, 0.25) is 0 Å². The Hall–Kier alpha value is -2.86. The van der Waals surface area contributed by atoms with Crippen LogP contribution in [0.5, 0.6) is 0 Å². The van der Waals surface area contributed by atoms with Crippen LogP contribution >= 0.6 is 11.6 Å². The molecular weight excluding hydrogens is 320 g/mol. The molecule has 0 unspecified atom stereocenters. The molecule has 0 spiro atoms. The Morgan fingerprint density at radius 3 is 2.70 bits per heavy atom. The minimum Gasteiger partial charge on any atom is -0.423 e. The fourth-order valence-electron chi connectivity index (χ4n) is 2.24. The zero-order chi connectivity index (χ0) is 16.4. The van der Waals surface area contributed by atoms with E-state index in [-0.39, 0.29) is 11.3 Å². The molecule has 0 atom stereocenters. The lowest BCUT2D eigenvalue weighted by Gasteiger charge is -2.10. The number of hydrogen-bond acceptors (Lipinski definition) is 5. The van der Waals surface area contributed by atoms with E-state index in [1.165, 1.54) is 24.3 Å². The van der Waals surface area contributed by atoms with Crippen LogP contribution in [0.25, 0.3) is 11.0 Å². The molecule has 116 valence electrons. The second-order valence-electron chi connectivity index (χ2n) is 4.86. The van der Waals surface area contributed by atoms with Crippen LogP contribution in [0.1, 0.15) is 5.56 Å². The van der Waals surface area contributed by atoms with E-state index in [2.05, 4.69) is 5.32 Å². The predicted octanol–water partition coefficient (Wildman–Crippen LogP) is 3.97. The van der Waals surface area contributed by atoms with Gasteiger partial charge in [-0.05, 0) is 17.7 Å². The highest BCUT2D eigenvalue weighted by molar-refractivity contribution is 6.31. The molecule has 0 radical (unpaired) electrons. The molecule has 3 aromatic rings. The van der Waals surface area contributed by atoms with E-state index in [1.807, 2.05) is 18.2 Å². The van der Waals surface area contributed by atoms with Gasteiger partial charge in [-0.3, -0.25) is 10.1 Å². The summed E-state index contributed by atoms with van der Waals surface area (Å²) in [6.07, 6.45) is 0. The number of nitrogens with zero attached hydrogens (tertiary/aromatic N) is 1. The molecule has 7 heteroatoms. The van der Waals surface area contributed by atoms with Gasteiger partial charge in [0.25, 0.3) is 5.69 Å². The van der Waals surface area contributed by atoms with Crippen molar-refractivity contribution in [2.45, 2.75) is 6.54 Å². The molecule has 0 bridgehead atoms. The summed E-state index contributed by atoms with van der Waals surface area (Å²) in [7, 11) is 0. The van der Waals surface area contributed by atoms with Gasteiger partial charge in [0.05, 0.1) is 10.6 Å². The molecule has 0 saturated heterocycles. The lowest BCUT2D eigenvalue weighted by Crippen LogP contribution is -2.05. The van der Waals surface area contributed by atoms with Crippen LogP contribution in [0, 0.1) is 10.1 Å². The van der Waals surface area contributed by atoms with E-state index < -0.39 is 10.5 Å². The Morgan fingerprint density at radius 1 is 1.17 bits per heavy atom. The lowest BCUT2D eigenvalue weighted by atomic mass is 10.1. The summed E-state index contributed by atoms with van der Waals surface area (Å²) < 4.78 is 5.07. The zero-order valence-corrected chi connectivity index (χ0v) is 12.5. The van der Waals surface area contributed by atoms with E-state index in [0.29, 0.717) is 22.6 Å². The molecule has 1 N–H and O–H groups in total. The number of halogens is 1. The Kier molecular flexibility index (Phi) is 3.99. The first kappa shape index (κ1) is 15.1. The number of anilines is 1. The monoisotopic (exact) mass is 330 g/mol. The molecule has 1 aromatic heterocycles. The fourth-order valence-corrected chi connectivity index (χ4v) is 2.45. The van der Waals surface area contributed by atoms with Gasteiger partial charge in [0.15, 0.2) is 0 Å². The SMILES string of the molecule is O=c1cc(NCc2ccccc2Cl)c2cc([N+](=O)[O-])ccc2o1. The van der Waals surface area contributed by atoms with Crippen molar-refractivity contribution in [3.8, 4) is 0 Å². The summed E-state index contributed by atoms with van der Waals surface area (Å²) in [6.45, 7) is 0.376. The number of nitro groups is 1. The maximum absolute atomic E-state index is 11.6. The van der Waals surface area contributed by atoms with Crippen molar-refractivity contribution >= 4 is 33.9 Å². The van der Waals surface area contributed by atoms with Gasteiger partial charge < -0.3 is 9.73 Å². The van der Waals surface area contributed by atoms with Crippen LogP contribution in [-0.4, -0.2) is 4.92 Å². The van der Waals surface area contributed by atoms with Crippen LogP contribution in [0.4, 0.5) is 11.4 Å². The summed E-state index contributed by atoms with van der Waals surface area (Å²) >= 11 is 6.10. The number of fused-ring (bicyclic) bond motifs is 1. The highest BCUT2D eigenvalue weighted by Gasteiger charge is 2.12. The van der Waals surface area contributed by atoms with Crippen LogP contribution in [0.2, 0.25) is 5.02 Å². The maximum atomic E-state index is 11.6. The Morgan fingerprint density at radius 2 is 1.96 bits per heavy atom. The summed E-state index contributed by atoms with van der Waals surface area (Å²) in [4.78, 5) is 22.1. The van der Waals surface area contributed by atoms with Crippen LogP contribution < -0.4 is 10.9 Å². The minimum atomic E-state index is -0.534. The van der Waals surface area contributed by atoms with E-state index in [9.17, 15) is 14.9 Å². The minimum absolute atomic E-state index is 0.0767. The number of nitrogens with one attached hydrogen (secondary N) is 1. The molecule has 23 heavy (non-hydrogen) atoms. The van der Waals surface area contributed by atoms with Crippen LogP contribution in [-0.2, 0) is 6.54 Å². The molecule has 0 amide bonds. The van der Waals surface area contributed by atoms with Crippen LogP contribution in [0.15, 0.2) is 57.7 Å². The molecule has 0 fully saturated rings. The Bertz CT molecular complexity index is 952. The highest BCUT2D eigenvalue weighted by Crippen LogP contribution is 2.27. The fraction of sp³-hybridized carbons (Fsp3) is 0.0625. The van der Waals surface area contributed by atoms with Gasteiger partial charge in [-0.25, -0.2) is 4.79 Å². The molecular formula is C16H11ClN2O4. The van der Waals surface area contributed by atoms with Gasteiger partial charge in [-0.1, -0.05) is 29.8 Å². The highest BCUT2D eigenvalue weighted by atomic mass is 35.5. The third kappa shape index (κ3) is 3.17. The topological polar surface area (TPSA) is 85.4 Å². The second-order valence-corrected chi connectivity index (χ2v) is 5.27. The van der Waals surface area contributed by atoms with Gasteiger partial charge >= 0.3 is 5.63 Å². The molecule has 0 aliphatic rings. The Balaban J connectivity index is 2.02. The largest absolute Gasteiger partial charge is 0.423 e. The first-order valence-electron chi connectivity index (χ1n) is 6.74. The standard InChI is InChI=1S/C16H11ClN2O4/c17-13-4-2-1-3-10(13)9-18-14-8-16(20)23-15-6-5-11(19(21)22)7-12(14)15/h1-8,18H,9H2. The van der Waals surface area contributed by atoms with Crippen molar-refractivity contribution in [3.05, 3.63) is 79.7 Å². The average molecular weight is 331 g/mol. The average Bonchev–Trinajstić information content (AvgIpc) is 2.53. The Labute approximate surface area is 135 Å². The zero-order valence-electron chi connectivity index (χ0n) is 11.8. The van der Waals surface area contributed by atoms with E-state index in [4.69, 9.17) is 16.0 Å².